The van der Waals surface area contributed by atoms with Gasteiger partial charge in [0.25, 0.3) is 0 Å². The molecule has 1 aromatic heterocycles. The van der Waals surface area contributed by atoms with E-state index in [0.29, 0.717) is 32.4 Å². The summed E-state index contributed by atoms with van der Waals surface area (Å²) in [4.78, 5) is 16.2. The third-order valence-corrected chi connectivity index (χ3v) is 5.98. The van der Waals surface area contributed by atoms with Crippen LogP contribution in [0.25, 0.3) is 0 Å². The molecule has 0 saturated carbocycles. The number of carbonyl (C=O) groups excluding carboxylic acids is 1. The minimum Gasteiger partial charge on any atom is -0.363 e. The summed E-state index contributed by atoms with van der Waals surface area (Å²) in [7, 11) is -3.21. The van der Waals surface area contributed by atoms with Gasteiger partial charge >= 0.3 is 0 Å². The molecule has 0 spiro atoms. The Balaban J connectivity index is 1.48. The molecule has 1 N–H and O–H groups in total. The second kappa shape index (κ2) is 7.16. The van der Waals surface area contributed by atoms with Crippen molar-refractivity contribution in [2.75, 3.05) is 19.3 Å². The zero-order valence-electron chi connectivity index (χ0n) is 13.7. The van der Waals surface area contributed by atoms with E-state index in [1.807, 2.05) is 12.1 Å². The highest BCUT2D eigenvalue weighted by Gasteiger charge is 2.44. The fraction of sp³-hybridized carbons (Fsp3) is 0.625. The van der Waals surface area contributed by atoms with Gasteiger partial charge in [-0.25, -0.2) is 8.42 Å². The number of aromatic nitrogens is 1. The molecule has 3 heterocycles. The Kier molecular flexibility index (Phi) is 5.17. The molecule has 0 radical (unpaired) electrons. The summed E-state index contributed by atoms with van der Waals surface area (Å²) in [5, 5.41) is 2.91. The Bertz CT molecular complexity index is 680. The van der Waals surface area contributed by atoms with E-state index in [-0.39, 0.29) is 18.1 Å². The zero-order chi connectivity index (χ0) is 17.2. The lowest BCUT2D eigenvalue weighted by Gasteiger charge is -2.34. The van der Waals surface area contributed by atoms with Gasteiger partial charge in [0, 0.05) is 25.5 Å². The molecule has 8 heteroatoms. The molecule has 0 aliphatic carbocycles. The molecule has 24 heavy (non-hydrogen) atoms. The quantitative estimate of drug-likeness (QED) is 0.824. The van der Waals surface area contributed by atoms with Crippen molar-refractivity contribution >= 4 is 15.9 Å². The van der Waals surface area contributed by atoms with E-state index in [0.717, 1.165) is 12.0 Å². The topological polar surface area (TPSA) is 88.6 Å². The molecule has 1 amide bonds. The van der Waals surface area contributed by atoms with Crippen LogP contribution in [-0.2, 0) is 26.0 Å². The van der Waals surface area contributed by atoms with Crippen molar-refractivity contribution in [2.24, 2.45) is 0 Å². The van der Waals surface area contributed by atoms with Crippen LogP contribution in [0.1, 0.15) is 24.8 Å². The van der Waals surface area contributed by atoms with Crippen LogP contribution in [0.3, 0.4) is 0 Å². The SMILES string of the molecule is CS(=O)(=O)N1CC[C@@H]2O[C@@H](C(=O)NCCc3ccncc3)CC[C@@H]21. The van der Waals surface area contributed by atoms with Crippen molar-refractivity contribution in [2.45, 2.75) is 43.9 Å². The molecule has 1 aromatic rings. The van der Waals surface area contributed by atoms with E-state index in [1.165, 1.54) is 10.6 Å². The van der Waals surface area contributed by atoms with Gasteiger partial charge in [-0.05, 0) is 43.4 Å². The van der Waals surface area contributed by atoms with Crippen LogP contribution in [0.4, 0.5) is 0 Å². The lowest BCUT2D eigenvalue weighted by Crippen LogP contribution is -2.49. The summed E-state index contributed by atoms with van der Waals surface area (Å²) in [6, 6.07) is 3.72. The molecule has 2 aliphatic heterocycles. The molecule has 132 valence electrons. The lowest BCUT2D eigenvalue weighted by atomic mass is 9.99. The number of hydrogen-bond donors (Lipinski definition) is 1. The Labute approximate surface area is 142 Å². The van der Waals surface area contributed by atoms with Crippen LogP contribution in [0.2, 0.25) is 0 Å². The van der Waals surface area contributed by atoms with Crippen molar-refractivity contribution in [1.82, 2.24) is 14.6 Å². The van der Waals surface area contributed by atoms with Crippen molar-refractivity contribution in [3.63, 3.8) is 0 Å². The van der Waals surface area contributed by atoms with Crippen molar-refractivity contribution in [1.29, 1.82) is 0 Å². The van der Waals surface area contributed by atoms with Gasteiger partial charge in [0.1, 0.15) is 6.10 Å². The van der Waals surface area contributed by atoms with Gasteiger partial charge < -0.3 is 10.1 Å². The predicted octanol–water partition coefficient (Wildman–Crippen LogP) is 0.322. The molecule has 3 atom stereocenters. The molecule has 2 aliphatic rings. The highest BCUT2D eigenvalue weighted by Crippen LogP contribution is 2.32. The van der Waals surface area contributed by atoms with Crippen molar-refractivity contribution < 1.29 is 17.9 Å². The monoisotopic (exact) mass is 353 g/mol. The van der Waals surface area contributed by atoms with Gasteiger partial charge in [0.2, 0.25) is 15.9 Å². The van der Waals surface area contributed by atoms with Crippen LogP contribution >= 0.6 is 0 Å². The Hall–Kier alpha value is -1.51. The van der Waals surface area contributed by atoms with Gasteiger partial charge in [-0.3, -0.25) is 9.78 Å². The maximum Gasteiger partial charge on any atom is 0.249 e. The van der Waals surface area contributed by atoms with E-state index in [2.05, 4.69) is 10.3 Å². The number of pyridine rings is 1. The average molecular weight is 353 g/mol. The van der Waals surface area contributed by atoms with E-state index in [1.54, 1.807) is 12.4 Å². The third kappa shape index (κ3) is 3.93. The molecule has 7 nitrogen and oxygen atoms in total. The van der Waals surface area contributed by atoms with Crippen molar-refractivity contribution in [3.05, 3.63) is 30.1 Å². The number of nitrogens with one attached hydrogen (secondary N) is 1. The standard InChI is InChI=1S/C16H23N3O4S/c1-24(21,22)19-11-7-14-13(19)2-3-15(23-14)16(20)18-10-6-12-4-8-17-9-5-12/h4-5,8-9,13-15H,2-3,6-7,10-11H2,1H3,(H,18,20)/t13-,14-,15+/m0/s1. The minimum absolute atomic E-state index is 0.111. The maximum absolute atomic E-state index is 12.3. The average Bonchev–Trinajstić information content (AvgIpc) is 2.99. The number of rotatable bonds is 5. The number of ether oxygens (including phenoxy) is 1. The van der Waals surface area contributed by atoms with Crippen LogP contribution in [0, 0.1) is 0 Å². The second-order valence-corrected chi connectivity index (χ2v) is 8.30. The van der Waals surface area contributed by atoms with Crippen molar-refractivity contribution in [3.8, 4) is 0 Å². The Morgan fingerprint density at radius 1 is 1.33 bits per heavy atom. The van der Waals surface area contributed by atoms with Crippen LogP contribution in [0.5, 0.6) is 0 Å². The number of fused-ring (bicyclic) bond motifs is 1. The maximum atomic E-state index is 12.3. The smallest absolute Gasteiger partial charge is 0.249 e. The zero-order valence-corrected chi connectivity index (χ0v) is 14.5. The van der Waals surface area contributed by atoms with E-state index in [9.17, 15) is 13.2 Å². The Morgan fingerprint density at radius 3 is 2.79 bits per heavy atom. The highest BCUT2D eigenvalue weighted by atomic mass is 32.2. The fourth-order valence-corrected chi connectivity index (χ4v) is 4.66. The van der Waals surface area contributed by atoms with Crippen LogP contribution in [-0.4, -0.2) is 61.2 Å². The first-order chi connectivity index (χ1) is 11.4. The number of carbonyl (C=O) groups is 1. The van der Waals surface area contributed by atoms with Crippen LogP contribution < -0.4 is 5.32 Å². The summed E-state index contributed by atoms with van der Waals surface area (Å²) in [6.07, 6.45) is 6.65. The van der Waals surface area contributed by atoms with E-state index >= 15 is 0 Å². The van der Waals surface area contributed by atoms with Gasteiger partial charge in [-0.15, -0.1) is 0 Å². The molecule has 2 fully saturated rings. The lowest BCUT2D eigenvalue weighted by molar-refractivity contribution is -0.142. The fourth-order valence-electron chi connectivity index (χ4n) is 3.49. The summed E-state index contributed by atoms with van der Waals surface area (Å²) in [6.45, 7) is 1.02. The number of nitrogens with zero attached hydrogens (tertiary/aromatic N) is 2. The largest absolute Gasteiger partial charge is 0.363 e. The second-order valence-electron chi connectivity index (χ2n) is 6.37. The van der Waals surface area contributed by atoms with Crippen LogP contribution in [0.15, 0.2) is 24.5 Å². The first kappa shape index (κ1) is 17.3. The number of sulfonamides is 1. The molecular formula is C16H23N3O4S. The summed E-state index contributed by atoms with van der Waals surface area (Å²) >= 11 is 0. The molecule has 3 rings (SSSR count). The first-order valence-corrected chi connectivity index (χ1v) is 10.1. The van der Waals surface area contributed by atoms with Gasteiger partial charge in [-0.2, -0.15) is 4.31 Å². The summed E-state index contributed by atoms with van der Waals surface area (Å²) in [5.74, 6) is -0.111. The molecule has 0 unspecified atom stereocenters. The summed E-state index contributed by atoms with van der Waals surface area (Å²) in [5.41, 5.74) is 1.12. The Morgan fingerprint density at radius 2 is 2.08 bits per heavy atom. The highest BCUT2D eigenvalue weighted by molar-refractivity contribution is 7.88. The molecule has 2 saturated heterocycles. The third-order valence-electron chi connectivity index (χ3n) is 4.68. The normalized spacial score (nSPS) is 27.6. The molecule has 0 bridgehead atoms. The van der Waals surface area contributed by atoms with Gasteiger partial charge in [-0.1, -0.05) is 0 Å². The predicted molar refractivity (Wildman–Crippen MR) is 88.8 cm³/mol. The first-order valence-electron chi connectivity index (χ1n) is 8.24. The molecular weight excluding hydrogens is 330 g/mol. The molecule has 0 aromatic carbocycles. The summed E-state index contributed by atoms with van der Waals surface area (Å²) < 4.78 is 30.9. The van der Waals surface area contributed by atoms with Gasteiger partial charge in [0.05, 0.1) is 18.4 Å². The van der Waals surface area contributed by atoms with Gasteiger partial charge in [0.15, 0.2) is 0 Å². The van der Waals surface area contributed by atoms with E-state index in [4.69, 9.17) is 4.74 Å². The number of hydrogen-bond acceptors (Lipinski definition) is 5. The van der Waals surface area contributed by atoms with E-state index < -0.39 is 16.1 Å². The minimum atomic E-state index is -3.21. The number of amides is 1.